The van der Waals surface area contributed by atoms with Gasteiger partial charge in [0, 0.05) is 31.6 Å². The van der Waals surface area contributed by atoms with Gasteiger partial charge in [0.1, 0.15) is 0 Å². The lowest BCUT2D eigenvalue weighted by molar-refractivity contribution is -0.139. The Morgan fingerprint density at radius 3 is 2.39 bits per heavy atom. The number of piperidine rings is 1. The number of amides is 1. The second-order valence-corrected chi connectivity index (χ2v) is 9.33. The minimum absolute atomic E-state index is 0.0904. The van der Waals surface area contributed by atoms with Crippen molar-refractivity contribution in [2.24, 2.45) is 5.92 Å². The van der Waals surface area contributed by atoms with Crippen molar-refractivity contribution >= 4 is 15.9 Å². The molecule has 0 radical (unpaired) electrons. The maximum Gasteiger partial charge on any atom is 0.243 e. The lowest BCUT2D eigenvalue weighted by Gasteiger charge is -2.36. The molecule has 0 bridgehead atoms. The van der Waals surface area contributed by atoms with Crippen molar-refractivity contribution in [2.45, 2.75) is 63.8 Å². The topological polar surface area (TPSA) is 57.7 Å². The summed E-state index contributed by atoms with van der Waals surface area (Å²) in [5, 5.41) is 0. The molecule has 0 saturated carbocycles. The SMILES string of the molecule is CCCCN(C(=O)C1CCN(S(=O)(=O)c2ccc(F)c(F)c2)CC1)C(C)CC. The minimum atomic E-state index is -3.90. The van der Waals surface area contributed by atoms with E-state index in [9.17, 15) is 22.0 Å². The number of hydrogen-bond acceptors (Lipinski definition) is 3. The highest BCUT2D eigenvalue weighted by Crippen LogP contribution is 2.27. The van der Waals surface area contributed by atoms with E-state index >= 15 is 0 Å². The van der Waals surface area contributed by atoms with Gasteiger partial charge in [0.15, 0.2) is 11.6 Å². The molecular formula is C20H30F2N2O3S. The molecule has 1 heterocycles. The number of carbonyl (C=O) groups is 1. The van der Waals surface area contributed by atoms with Gasteiger partial charge in [-0.05, 0) is 50.8 Å². The Morgan fingerprint density at radius 1 is 1.21 bits per heavy atom. The van der Waals surface area contributed by atoms with Crippen LogP contribution in [0.15, 0.2) is 23.1 Å². The molecule has 1 saturated heterocycles. The van der Waals surface area contributed by atoms with Gasteiger partial charge in [-0.15, -0.1) is 0 Å². The summed E-state index contributed by atoms with van der Waals surface area (Å²) < 4.78 is 53.2. The standard InChI is InChI=1S/C20H30F2N2O3S/c1-4-6-11-24(15(3)5-2)20(25)16-9-12-23(13-10-16)28(26,27)17-7-8-18(21)19(22)14-17/h7-8,14-16H,4-6,9-13H2,1-3H3. The molecule has 2 rings (SSSR count). The molecule has 1 aliphatic rings. The summed E-state index contributed by atoms with van der Waals surface area (Å²) in [7, 11) is -3.90. The normalized spacial score (nSPS) is 17.5. The average Bonchev–Trinajstić information content (AvgIpc) is 2.69. The Kier molecular flexibility index (Phi) is 7.95. The molecule has 0 spiro atoms. The van der Waals surface area contributed by atoms with Gasteiger partial charge in [0.2, 0.25) is 15.9 Å². The number of benzene rings is 1. The second kappa shape index (κ2) is 9.78. The molecule has 8 heteroatoms. The van der Waals surface area contributed by atoms with Crippen molar-refractivity contribution in [3.63, 3.8) is 0 Å². The Hall–Kier alpha value is -1.54. The second-order valence-electron chi connectivity index (χ2n) is 7.40. The zero-order valence-electron chi connectivity index (χ0n) is 16.8. The number of hydrogen-bond donors (Lipinski definition) is 0. The zero-order chi connectivity index (χ0) is 20.9. The van der Waals surface area contributed by atoms with E-state index in [1.165, 1.54) is 4.31 Å². The Labute approximate surface area is 166 Å². The quantitative estimate of drug-likeness (QED) is 0.648. The Morgan fingerprint density at radius 2 is 1.86 bits per heavy atom. The van der Waals surface area contributed by atoms with Crippen LogP contribution in [-0.2, 0) is 14.8 Å². The molecule has 1 atom stereocenters. The van der Waals surface area contributed by atoms with E-state index in [0.717, 1.165) is 37.9 Å². The first-order valence-corrected chi connectivity index (χ1v) is 11.4. The largest absolute Gasteiger partial charge is 0.340 e. The number of halogens is 2. The summed E-state index contributed by atoms with van der Waals surface area (Å²) in [5.41, 5.74) is 0. The molecule has 28 heavy (non-hydrogen) atoms. The zero-order valence-corrected chi connectivity index (χ0v) is 17.6. The van der Waals surface area contributed by atoms with Crippen molar-refractivity contribution in [1.29, 1.82) is 0 Å². The van der Waals surface area contributed by atoms with Gasteiger partial charge in [0.05, 0.1) is 4.90 Å². The number of sulfonamides is 1. The molecule has 1 unspecified atom stereocenters. The maximum atomic E-state index is 13.4. The van der Waals surface area contributed by atoms with Crippen molar-refractivity contribution in [1.82, 2.24) is 9.21 Å². The lowest BCUT2D eigenvalue weighted by Crippen LogP contribution is -2.47. The first kappa shape index (κ1) is 22.7. The third-order valence-electron chi connectivity index (χ3n) is 5.49. The van der Waals surface area contributed by atoms with Crippen molar-refractivity contribution < 1.29 is 22.0 Å². The van der Waals surface area contributed by atoms with Crippen LogP contribution in [0.2, 0.25) is 0 Å². The van der Waals surface area contributed by atoms with E-state index < -0.39 is 21.7 Å². The highest BCUT2D eigenvalue weighted by molar-refractivity contribution is 7.89. The van der Waals surface area contributed by atoms with Gasteiger partial charge < -0.3 is 4.90 Å². The van der Waals surface area contributed by atoms with E-state index in [2.05, 4.69) is 6.92 Å². The van der Waals surface area contributed by atoms with Crippen LogP contribution in [0.5, 0.6) is 0 Å². The van der Waals surface area contributed by atoms with Gasteiger partial charge in [-0.1, -0.05) is 20.3 Å². The van der Waals surface area contributed by atoms with Crippen molar-refractivity contribution in [3.8, 4) is 0 Å². The summed E-state index contributed by atoms with van der Waals surface area (Å²) in [6.45, 7) is 7.28. The fraction of sp³-hybridized carbons (Fsp3) is 0.650. The van der Waals surface area contributed by atoms with Gasteiger partial charge in [-0.2, -0.15) is 4.31 Å². The minimum Gasteiger partial charge on any atom is -0.340 e. The van der Waals surface area contributed by atoms with Crippen LogP contribution < -0.4 is 0 Å². The molecule has 1 fully saturated rings. The molecule has 5 nitrogen and oxygen atoms in total. The van der Waals surface area contributed by atoms with Crippen molar-refractivity contribution in [3.05, 3.63) is 29.8 Å². The molecule has 0 aliphatic carbocycles. The van der Waals surface area contributed by atoms with E-state index in [1.807, 2.05) is 18.7 Å². The van der Waals surface area contributed by atoms with Gasteiger partial charge in [-0.25, -0.2) is 17.2 Å². The fourth-order valence-corrected chi connectivity index (χ4v) is 4.94. The summed E-state index contributed by atoms with van der Waals surface area (Å²) in [6, 6.07) is 2.75. The molecule has 0 N–H and O–H groups in total. The van der Waals surface area contributed by atoms with Crippen LogP contribution in [-0.4, -0.2) is 49.2 Å². The van der Waals surface area contributed by atoms with Crippen LogP contribution in [0.4, 0.5) is 8.78 Å². The monoisotopic (exact) mass is 416 g/mol. The van der Waals surface area contributed by atoms with E-state index in [1.54, 1.807) is 0 Å². The van der Waals surface area contributed by atoms with Crippen LogP contribution in [0, 0.1) is 17.6 Å². The summed E-state index contributed by atoms with van der Waals surface area (Å²) in [6.07, 6.45) is 3.69. The average molecular weight is 417 g/mol. The third kappa shape index (κ3) is 5.08. The predicted octanol–water partition coefficient (Wildman–Crippen LogP) is 3.79. The molecule has 1 amide bonds. The molecule has 1 aliphatic heterocycles. The molecule has 158 valence electrons. The molecule has 1 aromatic rings. The first-order chi connectivity index (χ1) is 13.2. The lowest BCUT2D eigenvalue weighted by atomic mass is 9.95. The van der Waals surface area contributed by atoms with Crippen LogP contribution >= 0.6 is 0 Å². The van der Waals surface area contributed by atoms with E-state index in [-0.39, 0.29) is 35.9 Å². The van der Waals surface area contributed by atoms with Crippen LogP contribution in [0.1, 0.15) is 52.9 Å². The van der Waals surface area contributed by atoms with E-state index in [4.69, 9.17) is 0 Å². The van der Waals surface area contributed by atoms with Gasteiger partial charge in [-0.3, -0.25) is 4.79 Å². The predicted molar refractivity (Wildman–Crippen MR) is 104 cm³/mol. The van der Waals surface area contributed by atoms with E-state index in [0.29, 0.717) is 18.9 Å². The number of unbranched alkanes of at least 4 members (excludes halogenated alkanes) is 1. The van der Waals surface area contributed by atoms with Gasteiger partial charge >= 0.3 is 0 Å². The number of rotatable bonds is 8. The Bertz CT molecular complexity index is 778. The number of carbonyl (C=O) groups excluding carboxylic acids is 1. The van der Waals surface area contributed by atoms with Crippen LogP contribution in [0.3, 0.4) is 0 Å². The highest BCUT2D eigenvalue weighted by atomic mass is 32.2. The smallest absolute Gasteiger partial charge is 0.243 e. The number of nitrogens with zero attached hydrogens (tertiary/aromatic N) is 2. The van der Waals surface area contributed by atoms with Crippen LogP contribution in [0.25, 0.3) is 0 Å². The van der Waals surface area contributed by atoms with Gasteiger partial charge in [0.25, 0.3) is 0 Å². The Balaban J connectivity index is 2.06. The highest BCUT2D eigenvalue weighted by Gasteiger charge is 2.34. The summed E-state index contributed by atoms with van der Waals surface area (Å²) in [5.74, 6) is -2.39. The summed E-state index contributed by atoms with van der Waals surface area (Å²) in [4.78, 5) is 14.6. The summed E-state index contributed by atoms with van der Waals surface area (Å²) >= 11 is 0. The van der Waals surface area contributed by atoms with Crippen molar-refractivity contribution in [2.75, 3.05) is 19.6 Å². The third-order valence-corrected chi connectivity index (χ3v) is 7.39. The fourth-order valence-electron chi connectivity index (χ4n) is 3.46. The molecule has 0 aromatic heterocycles. The molecule has 1 aromatic carbocycles. The molecular weight excluding hydrogens is 386 g/mol. The first-order valence-electron chi connectivity index (χ1n) is 9.98. The maximum absolute atomic E-state index is 13.4.